The molecule has 2 aromatic rings. The first kappa shape index (κ1) is 16.5. The Hall–Kier alpha value is -3.35. The van der Waals surface area contributed by atoms with Gasteiger partial charge in [0, 0.05) is 12.1 Å². The molecule has 0 saturated carbocycles. The van der Waals surface area contributed by atoms with E-state index in [9.17, 15) is 19.5 Å². The van der Waals surface area contributed by atoms with Gasteiger partial charge in [0.2, 0.25) is 11.8 Å². The molecule has 128 valence electrons. The second-order valence-corrected chi connectivity index (χ2v) is 5.69. The lowest BCUT2D eigenvalue weighted by Gasteiger charge is -2.14. The summed E-state index contributed by atoms with van der Waals surface area (Å²) in [5.74, 6) is -0.876. The number of para-hydroxylation sites is 1. The lowest BCUT2D eigenvalue weighted by molar-refractivity contribution is -0.118. The van der Waals surface area contributed by atoms with Crippen molar-refractivity contribution in [3.8, 4) is 5.75 Å². The largest absolute Gasteiger partial charge is 0.508 e. The number of carbonyl (C=O) groups is 3. The highest BCUT2D eigenvalue weighted by Crippen LogP contribution is 2.19. The van der Waals surface area contributed by atoms with Gasteiger partial charge in [-0.1, -0.05) is 12.1 Å². The number of fused-ring (bicyclic) bond motifs is 1. The summed E-state index contributed by atoms with van der Waals surface area (Å²) in [7, 11) is 0. The van der Waals surface area contributed by atoms with Crippen LogP contribution in [-0.2, 0) is 9.59 Å². The summed E-state index contributed by atoms with van der Waals surface area (Å²) in [5, 5.41) is 17.2. The van der Waals surface area contributed by atoms with Gasteiger partial charge in [-0.3, -0.25) is 14.4 Å². The first-order chi connectivity index (χ1) is 12.0. The second-order valence-electron chi connectivity index (χ2n) is 5.69. The third-order valence-electron chi connectivity index (χ3n) is 3.86. The van der Waals surface area contributed by atoms with Gasteiger partial charge in [-0.2, -0.15) is 0 Å². The highest BCUT2D eigenvalue weighted by atomic mass is 16.3. The molecule has 0 fully saturated rings. The average Bonchev–Trinajstić information content (AvgIpc) is 2.72. The number of rotatable bonds is 4. The predicted octanol–water partition coefficient (Wildman–Crippen LogP) is 1.86. The molecule has 1 aliphatic heterocycles. The van der Waals surface area contributed by atoms with Gasteiger partial charge in [-0.15, -0.1) is 0 Å². The van der Waals surface area contributed by atoms with Crippen LogP contribution in [0.5, 0.6) is 5.75 Å². The van der Waals surface area contributed by atoms with Gasteiger partial charge < -0.3 is 21.1 Å². The van der Waals surface area contributed by atoms with E-state index >= 15 is 0 Å². The Morgan fingerprint density at radius 3 is 2.56 bits per heavy atom. The average molecular weight is 339 g/mol. The third kappa shape index (κ3) is 3.95. The van der Waals surface area contributed by atoms with Gasteiger partial charge in [0.15, 0.2) is 0 Å². The Kier molecular flexibility index (Phi) is 4.65. The molecule has 0 bridgehead atoms. The van der Waals surface area contributed by atoms with Crippen molar-refractivity contribution < 1.29 is 19.5 Å². The summed E-state index contributed by atoms with van der Waals surface area (Å²) in [4.78, 5) is 36.5. The Labute approximate surface area is 144 Å². The van der Waals surface area contributed by atoms with Crippen molar-refractivity contribution in [1.29, 1.82) is 0 Å². The van der Waals surface area contributed by atoms with Crippen LogP contribution < -0.4 is 16.0 Å². The molecule has 0 radical (unpaired) electrons. The minimum atomic E-state index is -0.787. The fraction of sp³-hybridized carbons (Fsp3) is 0.167. The SMILES string of the molecule is O=C(CC[C@@H]1NC(=O)c2ccccc2NC1=O)Nc1ccc(O)cc1. The minimum Gasteiger partial charge on any atom is -0.508 e. The van der Waals surface area contributed by atoms with E-state index in [1.807, 2.05) is 0 Å². The van der Waals surface area contributed by atoms with E-state index in [2.05, 4.69) is 16.0 Å². The van der Waals surface area contributed by atoms with Crippen molar-refractivity contribution in [2.75, 3.05) is 10.6 Å². The van der Waals surface area contributed by atoms with Gasteiger partial charge in [0.25, 0.3) is 5.91 Å². The molecule has 0 unspecified atom stereocenters. The molecule has 2 aromatic carbocycles. The molecule has 25 heavy (non-hydrogen) atoms. The lowest BCUT2D eigenvalue weighted by atomic mass is 10.1. The van der Waals surface area contributed by atoms with E-state index in [4.69, 9.17) is 0 Å². The number of phenols is 1. The van der Waals surface area contributed by atoms with E-state index in [0.29, 0.717) is 16.9 Å². The van der Waals surface area contributed by atoms with Crippen LogP contribution in [0.3, 0.4) is 0 Å². The molecule has 1 atom stereocenters. The van der Waals surface area contributed by atoms with Crippen molar-refractivity contribution in [3.05, 3.63) is 54.1 Å². The standard InChI is InChI=1S/C18H17N3O4/c22-12-7-5-11(6-8-12)19-16(23)10-9-15-18(25)20-14-4-2-1-3-13(14)17(24)21-15/h1-8,15,22H,9-10H2,(H,19,23)(H,20,25)(H,21,24)/t15-/m0/s1. The van der Waals surface area contributed by atoms with E-state index < -0.39 is 6.04 Å². The second kappa shape index (κ2) is 7.04. The van der Waals surface area contributed by atoms with Crippen LogP contribution in [0.15, 0.2) is 48.5 Å². The van der Waals surface area contributed by atoms with Gasteiger partial charge in [0.1, 0.15) is 11.8 Å². The molecule has 1 aliphatic rings. The fourth-order valence-corrected chi connectivity index (χ4v) is 2.56. The number of anilines is 2. The molecule has 0 saturated heterocycles. The number of amides is 3. The number of hydrogen-bond acceptors (Lipinski definition) is 4. The molecule has 0 spiro atoms. The van der Waals surface area contributed by atoms with Gasteiger partial charge in [-0.05, 0) is 42.8 Å². The Morgan fingerprint density at radius 1 is 1.08 bits per heavy atom. The molecule has 3 amide bonds. The Bertz CT molecular complexity index is 817. The van der Waals surface area contributed by atoms with Crippen LogP contribution in [0.2, 0.25) is 0 Å². The van der Waals surface area contributed by atoms with Crippen molar-refractivity contribution in [2.24, 2.45) is 0 Å². The quantitative estimate of drug-likeness (QED) is 0.638. The van der Waals surface area contributed by atoms with E-state index in [1.54, 1.807) is 36.4 Å². The number of phenolic OH excluding ortho intramolecular Hbond substituents is 1. The Morgan fingerprint density at radius 2 is 1.80 bits per heavy atom. The summed E-state index contributed by atoms with van der Waals surface area (Å²) >= 11 is 0. The smallest absolute Gasteiger partial charge is 0.254 e. The van der Waals surface area contributed by atoms with Crippen LogP contribution >= 0.6 is 0 Å². The van der Waals surface area contributed by atoms with Crippen LogP contribution in [0.4, 0.5) is 11.4 Å². The normalized spacial score (nSPS) is 16.2. The topological polar surface area (TPSA) is 108 Å². The van der Waals surface area contributed by atoms with Crippen molar-refractivity contribution in [2.45, 2.75) is 18.9 Å². The molecule has 1 heterocycles. The van der Waals surface area contributed by atoms with Crippen LogP contribution in [0.25, 0.3) is 0 Å². The molecule has 7 nitrogen and oxygen atoms in total. The number of carbonyl (C=O) groups excluding carboxylic acids is 3. The zero-order chi connectivity index (χ0) is 17.8. The fourth-order valence-electron chi connectivity index (χ4n) is 2.56. The van der Waals surface area contributed by atoms with Gasteiger partial charge >= 0.3 is 0 Å². The van der Waals surface area contributed by atoms with Gasteiger partial charge in [0.05, 0.1) is 11.3 Å². The first-order valence-corrected chi connectivity index (χ1v) is 7.82. The van der Waals surface area contributed by atoms with Crippen LogP contribution in [-0.4, -0.2) is 28.9 Å². The summed E-state index contributed by atoms with van der Waals surface area (Å²) < 4.78 is 0. The number of aromatic hydroxyl groups is 1. The molecule has 3 rings (SSSR count). The zero-order valence-corrected chi connectivity index (χ0v) is 13.3. The number of benzene rings is 2. The highest BCUT2D eigenvalue weighted by Gasteiger charge is 2.27. The molecule has 7 heteroatoms. The third-order valence-corrected chi connectivity index (χ3v) is 3.86. The predicted molar refractivity (Wildman–Crippen MR) is 92.3 cm³/mol. The summed E-state index contributed by atoms with van der Waals surface area (Å²) in [6.45, 7) is 0. The molecule has 4 N–H and O–H groups in total. The maximum atomic E-state index is 12.2. The van der Waals surface area contributed by atoms with Crippen molar-refractivity contribution >= 4 is 29.1 Å². The molecule has 0 aromatic heterocycles. The van der Waals surface area contributed by atoms with E-state index in [-0.39, 0.29) is 36.3 Å². The maximum absolute atomic E-state index is 12.2. The summed E-state index contributed by atoms with van der Waals surface area (Å²) in [6, 6.07) is 12.0. The molecule has 0 aliphatic carbocycles. The summed E-state index contributed by atoms with van der Waals surface area (Å²) in [5.41, 5.74) is 1.40. The van der Waals surface area contributed by atoms with Crippen molar-refractivity contribution in [3.63, 3.8) is 0 Å². The Balaban J connectivity index is 1.59. The highest BCUT2D eigenvalue weighted by molar-refractivity contribution is 6.09. The maximum Gasteiger partial charge on any atom is 0.254 e. The lowest BCUT2D eigenvalue weighted by Crippen LogP contribution is -2.41. The number of nitrogens with one attached hydrogen (secondary N) is 3. The van der Waals surface area contributed by atoms with E-state index in [1.165, 1.54) is 12.1 Å². The van der Waals surface area contributed by atoms with Gasteiger partial charge in [-0.25, -0.2) is 0 Å². The van der Waals surface area contributed by atoms with Crippen LogP contribution in [0.1, 0.15) is 23.2 Å². The zero-order valence-electron chi connectivity index (χ0n) is 13.3. The minimum absolute atomic E-state index is 0.0651. The first-order valence-electron chi connectivity index (χ1n) is 7.82. The molecular formula is C18H17N3O4. The van der Waals surface area contributed by atoms with Crippen LogP contribution in [0, 0.1) is 0 Å². The van der Waals surface area contributed by atoms with E-state index in [0.717, 1.165) is 0 Å². The monoisotopic (exact) mass is 339 g/mol. The number of hydrogen-bond donors (Lipinski definition) is 4. The summed E-state index contributed by atoms with van der Waals surface area (Å²) in [6.07, 6.45) is 0.241. The molecular weight excluding hydrogens is 322 g/mol. The van der Waals surface area contributed by atoms with Crippen molar-refractivity contribution in [1.82, 2.24) is 5.32 Å².